The van der Waals surface area contributed by atoms with Gasteiger partial charge in [-0.15, -0.1) is 0 Å². The predicted molar refractivity (Wildman–Crippen MR) is 90.3 cm³/mol. The van der Waals surface area contributed by atoms with Crippen molar-refractivity contribution in [3.8, 4) is 0 Å². The molecule has 5 heteroatoms. The highest BCUT2D eigenvalue weighted by Gasteiger charge is 2.37. The van der Waals surface area contributed by atoms with Crippen molar-refractivity contribution in [3.05, 3.63) is 0 Å². The number of ether oxygens (including phenoxy) is 1. The van der Waals surface area contributed by atoms with E-state index in [1.807, 2.05) is 0 Å². The number of hydrogen-bond donors (Lipinski definition) is 1. The fourth-order valence-electron chi connectivity index (χ4n) is 3.30. The second kappa shape index (κ2) is 7.18. The molecule has 1 unspecified atom stereocenters. The molecule has 1 aliphatic carbocycles. The molecule has 0 aromatic heterocycles. The van der Waals surface area contributed by atoms with Crippen LogP contribution in [0.25, 0.3) is 0 Å². The first-order valence-electron chi connectivity index (χ1n) is 9.02. The van der Waals surface area contributed by atoms with Crippen LogP contribution in [-0.2, 0) is 4.74 Å². The summed E-state index contributed by atoms with van der Waals surface area (Å²) in [6.45, 7) is 14.1. The summed E-state index contributed by atoms with van der Waals surface area (Å²) in [6.07, 6.45) is 3.92. The van der Waals surface area contributed by atoms with Crippen LogP contribution in [0.2, 0.25) is 0 Å². The maximum Gasteiger partial charge on any atom is 0.194 e. The van der Waals surface area contributed by atoms with E-state index in [-0.39, 0.29) is 0 Å². The molecule has 126 valence electrons. The largest absolute Gasteiger partial charge is 0.381 e. The normalized spacial score (nSPS) is 28.9. The molecule has 3 fully saturated rings. The average Bonchev–Trinajstić information content (AvgIpc) is 3.04. The summed E-state index contributed by atoms with van der Waals surface area (Å²) >= 11 is 0. The van der Waals surface area contributed by atoms with E-state index in [9.17, 15) is 0 Å². The molecule has 0 amide bonds. The van der Waals surface area contributed by atoms with E-state index in [2.05, 4.69) is 29.0 Å². The highest BCUT2D eigenvalue weighted by molar-refractivity contribution is 5.80. The predicted octanol–water partition coefficient (Wildman–Crippen LogP) is 1.41. The zero-order valence-electron chi connectivity index (χ0n) is 14.3. The van der Waals surface area contributed by atoms with Gasteiger partial charge in [-0.05, 0) is 37.5 Å². The molecule has 2 heterocycles. The standard InChI is InChI=1S/C17H32N4O/c1-3-18-16(19-14-17(2)5-6-17)21-9-7-20(8-10-21)12-15-4-11-22-13-15/h15H,3-14H2,1-2H3,(H,18,19). The van der Waals surface area contributed by atoms with Crippen molar-refractivity contribution in [3.63, 3.8) is 0 Å². The summed E-state index contributed by atoms with van der Waals surface area (Å²) in [6, 6.07) is 0. The van der Waals surface area contributed by atoms with Crippen LogP contribution in [0.3, 0.4) is 0 Å². The smallest absolute Gasteiger partial charge is 0.194 e. The van der Waals surface area contributed by atoms with Crippen molar-refractivity contribution in [1.29, 1.82) is 0 Å². The summed E-state index contributed by atoms with van der Waals surface area (Å²) in [4.78, 5) is 9.93. The Morgan fingerprint density at radius 2 is 2.05 bits per heavy atom. The zero-order chi connectivity index (χ0) is 15.4. The summed E-state index contributed by atoms with van der Waals surface area (Å²) in [5.41, 5.74) is 0.491. The van der Waals surface area contributed by atoms with Crippen LogP contribution in [0.15, 0.2) is 4.99 Å². The lowest BCUT2D eigenvalue weighted by Gasteiger charge is -2.37. The molecule has 3 aliphatic rings. The maximum absolute atomic E-state index is 5.49. The first kappa shape index (κ1) is 16.1. The molecule has 2 aliphatic heterocycles. The summed E-state index contributed by atoms with van der Waals surface area (Å²) in [7, 11) is 0. The first-order valence-corrected chi connectivity index (χ1v) is 9.02. The summed E-state index contributed by atoms with van der Waals surface area (Å²) < 4.78 is 5.49. The van der Waals surface area contributed by atoms with Crippen molar-refractivity contribution in [2.45, 2.75) is 33.1 Å². The van der Waals surface area contributed by atoms with Crippen LogP contribution < -0.4 is 5.32 Å². The molecular weight excluding hydrogens is 276 g/mol. The van der Waals surface area contributed by atoms with Crippen LogP contribution in [0.5, 0.6) is 0 Å². The van der Waals surface area contributed by atoms with Crippen molar-refractivity contribution >= 4 is 5.96 Å². The van der Waals surface area contributed by atoms with E-state index in [1.165, 1.54) is 25.8 Å². The Kier molecular flexibility index (Phi) is 5.24. The number of piperazine rings is 1. The molecule has 2 saturated heterocycles. The van der Waals surface area contributed by atoms with Gasteiger partial charge in [-0.3, -0.25) is 9.89 Å². The fraction of sp³-hybridized carbons (Fsp3) is 0.941. The Bertz CT molecular complexity index is 380. The minimum absolute atomic E-state index is 0.491. The Morgan fingerprint density at radius 1 is 1.27 bits per heavy atom. The van der Waals surface area contributed by atoms with E-state index < -0.39 is 0 Å². The minimum atomic E-state index is 0.491. The quantitative estimate of drug-likeness (QED) is 0.616. The van der Waals surface area contributed by atoms with Gasteiger partial charge in [0.15, 0.2) is 5.96 Å². The van der Waals surface area contributed by atoms with Gasteiger partial charge in [-0.25, -0.2) is 0 Å². The van der Waals surface area contributed by atoms with Gasteiger partial charge < -0.3 is 15.0 Å². The lowest BCUT2D eigenvalue weighted by atomic mass is 10.1. The molecule has 0 bridgehead atoms. The third-order valence-electron chi connectivity index (χ3n) is 5.26. The van der Waals surface area contributed by atoms with Crippen molar-refractivity contribution in [2.24, 2.45) is 16.3 Å². The Balaban J connectivity index is 1.47. The van der Waals surface area contributed by atoms with Gasteiger partial charge in [0.2, 0.25) is 0 Å². The second-order valence-corrected chi connectivity index (χ2v) is 7.50. The summed E-state index contributed by atoms with van der Waals surface area (Å²) in [5, 5.41) is 3.48. The number of nitrogens with zero attached hydrogens (tertiary/aromatic N) is 3. The molecule has 3 rings (SSSR count). The van der Waals surface area contributed by atoms with E-state index in [0.29, 0.717) is 5.41 Å². The minimum Gasteiger partial charge on any atom is -0.381 e. The maximum atomic E-state index is 5.49. The lowest BCUT2D eigenvalue weighted by Crippen LogP contribution is -2.53. The van der Waals surface area contributed by atoms with E-state index in [1.54, 1.807) is 0 Å². The van der Waals surface area contributed by atoms with E-state index in [4.69, 9.17) is 9.73 Å². The Morgan fingerprint density at radius 3 is 2.64 bits per heavy atom. The molecule has 22 heavy (non-hydrogen) atoms. The van der Waals surface area contributed by atoms with Gasteiger partial charge in [-0.1, -0.05) is 6.92 Å². The van der Waals surface area contributed by atoms with Crippen LogP contribution in [0, 0.1) is 11.3 Å². The number of rotatable bonds is 5. The highest BCUT2D eigenvalue weighted by atomic mass is 16.5. The van der Waals surface area contributed by atoms with Crippen molar-refractivity contribution in [1.82, 2.24) is 15.1 Å². The fourth-order valence-corrected chi connectivity index (χ4v) is 3.30. The monoisotopic (exact) mass is 308 g/mol. The third-order valence-corrected chi connectivity index (χ3v) is 5.26. The average molecular weight is 308 g/mol. The van der Waals surface area contributed by atoms with Gasteiger partial charge >= 0.3 is 0 Å². The second-order valence-electron chi connectivity index (χ2n) is 7.50. The topological polar surface area (TPSA) is 40.1 Å². The van der Waals surface area contributed by atoms with Crippen molar-refractivity contribution in [2.75, 3.05) is 59.0 Å². The molecule has 5 nitrogen and oxygen atoms in total. The summed E-state index contributed by atoms with van der Waals surface area (Å²) in [5.74, 6) is 1.88. The number of aliphatic imine (C=N–C) groups is 1. The molecule has 0 radical (unpaired) electrons. The van der Waals surface area contributed by atoms with Gasteiger partial charge in [0.1, 0.15) is 0 Å². The molecule has 0 aromatic carbocycles. The van der Waals surface area contributed by atoms with E-state index >= 15 is 0 Å². The molecule has 1 saturated carbocycles. The molecule has 1 N–H and O–H groups in total. The van der Waals surface area contributed by atoms with Crippen LogP contribution in [0.1, 0.15) is 33.1 Å². The van der Waals surface area contributed by atoms with Gasteiger partial charge in [0.25, 0.3) is 0 Å². The molecule has 0 aromatic rings. The first-order chi connectivity index (χ1) is 10.7. The molecular formula is C17H32N4O. The third kappa shape index (κ3) is 4.35. The molecule has 0 spiro atoms. The highest BCUT2D eigenvalue weighted by Crippen LogP contribution is 2.45. The number of nitrogens with one attached hydrogen (secondary N) is 1. The van der Waals surface area contributed by atoms with E-state index in [0.717, 1.165) is 64.4 Å². The van der Waals surface area contributed by atoms with Gasteiger partial charge in [-0.2, -0.15) is 0 Å². The number of guanidine groups is 1. The Hall–Kier alpha value is -0.810. The van der Waals surface area contributed by atoms with Crippen molar-refractivity contribution < 1.29 is 4.74 Å². The van der Waals surface area contributed by atoms with Gasteiger partial charge in [0, 0.05) is 52.4 Å². The Labute approximate surface area is 135 Å². The lowest BCUT2D eigenvalue weighted by molar-refractivity contribution is 0.139. The SMILES string of the molecule is CCNC(=NCC1(C)CC1)N1CCN(CC2CCOC2)CC1. The van der Waals surface area contributed by atoms with Gasteiger partial charge in [0.05, 0.1) is 6.61 Å². The van der Waals surface area contributed by atoms with Crippen LogP contribution >= 0.6 is 0 Å². The molecule has 1 atom stereocenters. The number of hydrogen-bond acceptors (Lipinski definition) is 3. The van der Waals surface area contributed by atoms with Crippen LogP contribution in [0.4, 0.5) is 0 Å². The van der Waals surface area contributed by atoms with Crippen LogP contribution in [-0.4, -0.2) is 74.8 Å². The zero-order valence-corrected chi connectivity index (χ0v) is 14.3.